The van der Waals surface area contributed by atoms with E-state index in [0.29, 0.717) is 5.76 Å². The maximum Gasteiger partial charge on any atom is 0.342 e. The third-order valence-corrected chi connectivity index (χ3v) is 2.64. The fraction of sp³-hybridized carbons (Fsp3) is 0.154. The first-order chi connectivity index (χ1) is 9.95. The molecule has 0 aliphatic carbocycles. The van der Waals surface area contributed by atoms with E-state index in [2.05, 4.69) is 10.5 Å². The van der Waals surface area contributed by atoms with Gasteiger partial charge >= 0.3 is 5.97 Å². The molecule has 0 radical (unpaired) electrons. The molecule has 2 N–H and O–H groups in total. The minimum Gasteiger partial charge on any atom is -0.507 e. The Morgan fingerprint density at radius 1 is 1.43 bits per heavy atom. The average Bonchev–Trinajstić information content (AvgIpc) is 2.84. The number of phenols is 1. The number of halogens is 1. The number of rotatable bonds is 4. The van der Waals surface area contributed by atoms with Gasteiger partial charge in [0.05, 0.1) is 0 Å². The van der Waals surface area contributed by atoms with E-state index in [9.17, 15) is 14.7 Å². The van der Waals surface area contributed by atoms with Crippen LogP contribution in [0.2, 0.25) is 5.02 Å². The zero-order valence-electron chi connectivity index (χ0n) is 10.9. The van der Waals surface area contributed by atoms with E-state index >= 15 is 0 Å². The van der Waals surface area contributed by atoms with Crippen molar-refractivity contribution in [3.05, 3.63) is 40.6 Å². The number of hydrogen-bond acceptors (Lipinski definition) is 6. The van der Waals surface area contributed by atoms with E-state index in [1.54, 1.807) is 6.92 Å². The number of aromatic hydroxyl groups is 1. The van der Waals surface area contributed by atoms with Crippen molar-refractivity contribution in [2.24, 2.45) is 0 Å². The van der Waals surface area contributed by atoms with Gasteiger partial charge in [0.25, 0.3) is 5.91 Å². The Bertz CT molecular complexity index is 683. The number of carbonyl (C=O) groups excluding carboxylic acids is 2. The molecule has 0 aliphatic heterocycles. The Hall–Kier alpha value is -2.54. The number of hydrogen-bond donors (Lipinski definition) is 2. The third kappa shape index (κ3) is 3.96. The van der Waals surface area contributed by atoms with E-state index in [4.69, 9.17) is 20.9 Å². The number of carbonyl (C=O) groups is 2. The number of phenolic OH excluding ortho intramolecular Hbond substituents is 1. The van der Waals surface area contributed by atoms with Crippen LogP contribution in [0.15, 0.2) is 28.8 Å². The largest absolute Gasteiger partial charge is 0.507 e. The average molecular weight is 311 g/mol. The van der Waals surface area contributed by atoms with Crippen molar-refractivity contribution in [2.75, 3.05) is 11.9 Å². The summed E-state index contributed by atoms with van der Waals surface area (Å²) in [7, 11) is 0. The lowest BCUT2D eigenvalue weighted by atomic mass is 10.2. The Morgan fingerprint density at radius 2 is 2.19 bits per heavy atom. The molecule has 1 heterocycles. The summed E-state index contributed by atoms with van der Waals surface area (Å²) >= 11 is 5.72. The van der Waals surface area contributed by atoms with Gasteiger partial charge in [-0.05, 0) is 25.1 Å². The van der Waals surface area contributed by atoms with Crippen molar-refractivity contribution >= 4 is 29.3 Å². The Morgan fingerprint density at radius 3 is 2.86 bits per heavy atom. The van der Waals surface area contributed by atoms with Crippen LogP contribution in [0.25, 0.3) is 0 Å². The highest BCUT2D eigenvalue weighted by Crippen LogP contribution is 2.22. The fourth-order valence-electron chi connectivity index (χ4n) is 1.48. The summed E-state index contributed by atoms with van der Waals surface area (Å²) in [5.41, 5.74) is -0.118. The molecule has 0 atom stereocenters. The fourth-order valence-corrected chi connectivity index (χ4v) is 1.66. The van der Waals surface area contributed by atoms with E-state index in [0.717, 1.165) is 0 Å². The molecule has 8 heteroatoms. The molecule has 0 fully saturated rings. The highest BCUT2D eigenvalue weighted by atomic mass is 35.5. The van der Waals surface area contributed by atoms with Crippen LogP contribution in [0.4, 0.5) is 5.82 Å². The first kappa shape index (κ1) is 14.9. The van der Waals surface area contributed by atoms with Crippen molar-refractivity contribution in [1.82, 2.24) is 5.16 Å². The number of amides is 1. The van der Waals surface area contributed by atoms with Gasteiger partial charge in [-0.1, -0.05) is 16.8 Å². The number of anilines is 1. The summed E-state index contributed by atoms with van der Waals surface area (Å²) in [4.78, 5) is 23.3. The molecule has 21 heavy (non-hydrogen) atoms. The van der Waals surface area contributed by atoms with Crippen molar-refractivity contribution in [2.45, 2.75) is 6.92 Å². The predicted octanol–water partition coefficient (Wildman–Crippen LogP) is 2.14. The van der Waals surface area contributed by atoms with Crippen LogP contribution >= 0.6 is 11.6 Å². The zero-order chi connectivity index (χ0) is 15.4. The second kappa shape index (κ2) is 6.27. The Balaban J connectivity index is 1.91. The molecule has 1 amide bonds. The van der Waals surface area contributed by atoms with Crippen LogP contribution in [0.5, 0.6) is 5.75 Å². The lowest BCUT2D eigenvalue weighted by Crippen LogP contribution is -2.21. The van der Waals surface area contributed by atoms with E-state index in [1.165, 1.54) is 24.3 Å². The molecule has 110 valence electrons. The highest BCUT2D eigenvalue weighted by molar-refractivity contribution is 6.31. The van der Waals surface area contributed by atoms with Gasteiger partial charge in [-0.15, -0.1) is 0 Å². The molecule has 1 aromatic heterocycles. The predicted molar refractivity (Wildman–Crippen MR) is 73.3 cm³/mol. The minimum atomic E-state index is -0.860. The molecule has 0 saturated carbocycles. The molecule has 2 aromatic rings. The molecule has 0 aliphatic rings. The second-order valence-electron chi connectivity index (χ2n) is 4.11. The smallest absolute Gasteiger partial charge is 0.342 e. The quantitative estimate of drug-likeness (QED) is 0.839. The summed E-state index contributed by atoms with van der Waals surface area (Å²) in [6.07, 6.45) is 0. The number of esters is 1. The first-order valence-corrected chi connectivity index (χ1v) is 6.22. The lowest BCUT2D eigenvalue weighted by Gasteiger charge is -2.06. The van der Waals surface area contributed by atoms with Gasteiger partial charge in [0.1, 0.15) is 17.1 Å². The van der Waals surface area contributed by atoms with Gasteiger partial charge in [0.2, 0.25) is 0 Å². The van der Waals surface area contributed by atoms with Crippen LogP contribution in [0.1, 0.15) is 16.1 Å². The van der Waals surface area contributed by atoms with Crippen LogP contribution in [0, 0.1) is 6.92 Å². The van der Waals surface area contributed by atoms with Gasteiger partial charge in [-0.25, -0.2) is 4.79 Å². The molecule has 2 rings (SSSR count). The molecule has 7 nitrogen and oxygen atoms in total. The Labute approximate surface area is 124 Å². The summed E-state index contributed by atoms with van der Waals surface area (Å²) < 4.78 is 9.55. The van der Waals surface area contributed by atoms with E-state index < -0.39 is 18.5 Å². The van der Waals surface area contributed by atoms with Gasteiger partial charge in [0.15, 0.2) is 12.4 Å². The number of nitrogens with one attached hydrogen (secondary N) is 1. The number of ether oxygens (including phenoxy) is 1. The SMILES string of the molecule is Cc1cc(NC(=O)COC(=O)c2cc(Cl)ccc2O)no1. The number of benzene rings is 1. The molecule has 0 spiro atoms. The van der Waals surface area contributed by atoms with Crippen molar-refractivity contribution < 1.29 is 24.0 Å². The van der Waals surface area contributed by atoms with Crippen LogP contribution in [-0.4, -0.2) is 28.7 Å². The molecule has 0 unspecified atom stereocenters. The molecule has 1 aromatic carbocycles. The van der Waals surface area contributed by atoms with E-state index in [-0.39, 0.29) is 22.2 Å². The monoisotopic (exact) mass is 310 g/mol. The molecule has 0 saturated heterocycles. The third-order valence-electron chi connectivity index (χ3n) is 2.41. The summed E-state index contributed by atoms with van der Waals surface area (Å²) in [6.45, 7) is 1.14. The second-order valence-corrected chi connectivity index (χ2v) is 4.55. The topological polar surface area (TPSA) is 102 Å². The van der Waals surface area contributed by atoms with Gasteiger partial charge in [-0.3, -0.25) is 4.79 Å². The number of aromatic nitrogens is 1. The van der Waals surface area contributed by atoms with Crippen LogP contribution in [-0.2, 0) is 9.53 Å². The maximum absolute atomic E-state index is 11.7. The van der Waals surface area contributed by atoms with Crippen LogP contribution in [0.3, 0.4) is 0 Å². The van der Waals surface area contributed by atoms with Crippen LogP contribution < -0.4 is 5.32 Å². The summed E-state index contributed by atoms with van der Waals surface area (Å²) in [5, 5.41) is 15.7. The normalized spacial score (nSPS) is 10.2. The van der Waals surface area contributed by atoms with Gasteiger partial charge < -0.3 is 19.7 Å². The number of nitrogens with zero attached hydrogens (tertiary/aromatic N) is 1. The Kier molecular flexibility index (Phi) is 4.44. The van der Waals surface area contributed by atoms with Gasteiger partial charge in [0, 0.05) is 11.1 Å². The van der Waals surface area contributed by atoms with Crippen molar-refractivity contribution in [3.8, 4) is 5.75 Å². The van der Waals surface area contributed by atoms with Gasteiger partial charge in [-0.2, -0.15) is 0 Å². The van der Waals surface area contributed by atoms with Crippen molar-refractivity contribution in [3.63, 3.8) is 0 Å². The summed E-state index contributed by atoms with van der Waals surface area (Å²) in [6, 6.07) is 5.45. The van der Waals surface area contributed by atoms with E-state index in [1.807, 2.05) is 0 Å². The highest BCUT2D eigenvalue weighted by Gasteiger charge is 2.15. The molecule has 0 bridgehead atoms. The standard InChI is InChI=1S/C13H11ClN2O5/c1-7-4-11(16-21-7)15-12(18)6-20-13(19)9-5-8(14)2-3-10(9)17/h2-5,17H,6H2,1H3,(H,15,16,18). The summed E-state index contributed by atoms with van der Waals surface area (Å²) in [5.74, 6) is -0.970. The number of aryl methyl sites for hydroxylation is 1. The minimum absolute atomic E-state index is 0.118. The maximum atomic E-state index is 11.7. The first-order valence-electron chi connectivity index (χ1n) is 5.84. The zero-order valence-corrected chi connectivity index (χ0v) is 11.7. The van der Waals surface area contributed by atoms with Crippen molar-refractivity contribution in [1.29, 1.82) is 0 Å². The molecular formula is C13H11ClN2O5. The molecular weight excluding hydrogens is 300 g/mol. The lowest BCUT2D eigenvalue weighted by molar-refractivity contribution is -0.119.